The molecule has 0 aromatic heterocycles. The number of halogens is 2. The van der Waals surface area contributed by atoms with Gasteiger partial charge in [0.2, 0.25) is 0 Å². The highest BCUT2D eigenvalue weighted by atomic mass is 19.3. The molecule has 0 aliphatic carbocycles. The fourth-order valence-corrected chi connectivity index (χ4v) is 1.25. The fourth-order valence-electron chi connectivity index (χ4n) is 1.25. The first-order valence-corrected chi connectivity index (χ1v) is 5.28. The highest BCUT2D eigenvalue weighted by Gasteiger charge is 2.00. The summed E-state index contributed by atoms with van der Waals surface area (Å²) in [5, 5.41) is 11.7. The summed E-state index contributed by atoms with van der Waals surface area (Å²) >= 11 is 0. The molecule has 0 saturated heterocycles. The van der Waals surface area contributed by atoms with Crippen LogP contribution in [0.3, 0.4) is 0 Å². The van der Waals surface area contributed by atoms with Crippen molar-refractivity contribution >= 4 is 0 Å². The van der Waals surface area contributed by atoms with Gasteiger partial charge in [-0.25, -0.2) is 8.78 Å². The van der Waals surface area contributed by atoms with E-state index in [0.717, 1.165) is 5.56 Å². The molecule has 0 amide bonds. The Morgan fingerprint density at radius 3 is 2.59 bits per heavy atom. The Balaban J connectivity index is 2.12. The lowest BCUT2D eigenvalue weighted by molar-refractivity contribution is 0.0187. The maximum absolute atomic E-state index is 11.7. The van der Waals surface area contributed by atoms with Crippen LogP contribution >= 0.6 is 0 Å². The molecule has 3 nitrogen and oxygen atoms in total. The first kappa shape index (κ1) is 13.6. The van der Waals surface area contributed by atoms with Crippen LogP contribution in [0.25, 0.3) is 0 Å². The van der Waals surface area contributed by atoms with E-state index in [1.807, 2.05) is 18.2 Å². The van der Waals surface area contributed by atoms with Crippen molar-refractivity contribution in [1.29, 1.82) is 5.26 Å². The number of alkyl halides is 2. The average molecular weight is 240 g/mol. The maximum Gasteiger partial charge on any atom is 0.261 e. The smallest absolute Gasteiger partial charge is 0.261 e. The van der Waals surface area contributed by atoms with Gasteiger partial charge in [-0.3, -0.25) is 0 Å². The molecule has 0 saturated carbocycles. The van der Waals surface area contributed by atoms with Gasteiger partial charge in [-0.2, -0.15) is 5.26 Å². The predicted octanol–water partition coefficient (Wildman–Crippen LogP) is 1.93. The Bertz CT molecular complexity index is 360. The van der Waals surface area contributed by atoms with Crippen LogP contribution in [-0.2, 0) is 11.3 Å². The van der Waals surface area contributed by atoms with E-state index >= 15 is 0 Å². The van der Waals surface area contributed by atoms with Crippen LogP contribution in [0, 0.1) is 11.3 Å². The van der Waals surface area contributed by atoms with Gasteiger partial charge in [-0.1, -0.05) is 12.1 Å². The molecule has 0 spiro atoms. The molecule has 0 unspecified atom stereocenters. The first-order chi connectivity index (χ1) is 8.22. The van der Waals surface area contributed by atoms with E-state index in [9.17, 15) is 8.78 Å². The third-order valence-electron chi connectivity index (χ3n) is 2.08. The van der Waals surface area contributed by atoms with Gasteiger partial charge in [-0.05, 0) is 17.7 Å². The molecule has 0 heterocycles. The van der Waals surface area contributed by atoms with Crippen LogP contribution < -0.4 is 5.32 Å². The lowest BCUT2D eigenvalue weighted by atomic mass is 10.1. The molecule has 0 fully saturated rings. The van der Waals surface area contributed by atoms with Crippen molar-refractivity contribution in [1.82, 2.24) is 5.32 Å². The first-order valence-electron chi connectivity index (χ1n) is 5.28. The normalized spacial score (nSPS) is 10.5. The molecule has 1 rings (SSSR count). The molecule has 0 atom stereocenters. The number of rotatable bonds is 7. The molecular formula is C12H14F2N2O. The van der Waals surface area contributed by atoms with Gasteiger partial charge in [0.25, 0.3) is 6.43 Å². The summed E-state index contributed by atoms with van der Waals surface area (Å²) in [6.45, 7) is 0.898. The second-order valence-corrected chi connectivity index (χ2v) is 3.45. The van der Waals surface area contributed by atoms with Crippen molar-refractivity contribution in [3.63, 3.8) is 0 Å². The van der Waals surface area contributed by atoms with E-state index < -0.39 is 13.0 Å². The van der Waals surface area contributed by atoms with Crippen molar-refractivity contribution < 1.29 is 13.5 Å². The Labute approximate surface area is 99.0 Å². The molecule has 92 valence electrons. The number of nitriles is 1. The molecule has 17 heavy (non-hydrogen) atoms. The number of benzene rings is 1. The zero-order valence-corrected chi connectivity index (χ0v) is 9.33. The van der Waals surface area contributed by atoms with E-state index in [-0.39, 0.29) is 6.61 Å². The fraction of sp³-hybridized carbons (Fsp3) is 0.417. The second kappa shape index (κ2) is 7.71. The topological polar surface area (TPSA) is 45.0 Å². The molecule has 0 radical (unpaired) electrons. The Hall–Kier alpha value is -1.51. The van der Waals surface area contributed by atoms with Crippen molar-refractivity contribution in [3.05, 3.63) is 35.4 Å². The quantitative estimate of drug-likeness (QED) is 0.741. The Morgan fingerprint density at radius 1 is 1.29 bits per heavy atom. The van der Waals surface area contributed by atoms with Crippen LogP contribution in [0.4, 0.5) is 8.78 Å². The zero-order valence-electron chi connectivity index (χ0n) is 9.33. The van der Waals surface area contributed by atoms with Crippen LogP contribution in [0.5, 0.6) is 0 Å². The van der Waals surface area contributed by atoms with Gasteiger partial charge in [0.15, 0.2) is 0 Å². The largest absolute Gasteiger partial charge is 0.374 e. The summed E-state index contributed by atoms with van der Waals surface area (Å²) in [5.74, 6) is 0. The van der Waals surface area contributed by atoms with Gasteiger partial charge in [0.05, 0.1) is 18.2 Å². The molecule has 0 aliphatic rings. The highest BCUT2D eigenvalue weighted by Crippen LogP contribution is 2.02. The minimum atomic E-state index is -2.41. The molecule has 1 aromatic rings. The number of nitrogens with zero attached hydrogens (tertiary/aromatic N) is 1. The van der Waals surface area contributed by atoms with Crippen molar-refractivity contribution in [3.8, 4) is 6.07 Å². The minimum Gasteiger partial charge on any atom is -0.374 e. The van der Waals surface area contributed by atoms with Gasteiger partial charge in [0, 0.05) is 13.1 Å². The minimum absolute atomic E-state index is 0.265. The lowest BCUT2D eigenvalue weighted by Gasteiger charge is -2.06. The zero-order chi connectivity index (χ0) is 12.5. The SMILES string of the molecule is N#Cc1ccc(CNCCOCC(F)F)cc1. The van der Waals surface area contributed by atoms with Gasteiger partial charge in [-0.15, -0.1) is 0 Å². The van der Waals surface area contributed by atoms with E-state index in [1.54, 1.807) is 12.1 Å². The summed E-state index contributed by atoms with van der Waals surface area (Å²) in [6.07, 6.45) is -2.41. The molecular weight excluding hydrogens is 226 g/mol. The van der Waals surface area contributed by atoms with Gasteiger partial charge in [0.1, 0.15) is 6.61 Å². The maximum atomic E-state index is 11.7. The number of nitrogens with one attached hydrogen (secondary N) is 1. The number of hydrogen-bond donors (Lipinski definition) is 1. The second-order valence-electron chi connectivity index (χ2n) is 3.45. The molecule has 0 aliphatic heterocycles. The average Bonchev–Trinajstić information content (AvgIpc) is 2.34. The van der Waals surface area contributed by atoms with Gasteiger partial charge >= 0.3 is 0 Å². The number of hydrogen-bond acceptors (Lipinski definition) is 3. The summed E-state index contributed by atoms with van der Waals surface area (Å²) in [5.41, 5.74) is 1.66. The standard InChI is InChI=1S/C12H14F2N2O/c13-12(14)9-17-6-5-16-8-11-3-1-10(7-15)2-4-11/h1-4,12,16H,5-6,8-9H2. The summed E-state index contributed by atoms with van der Waals surface area (Å²) in [7, 11) is 0. The predicted molar refractivity (Wildman–Crippen MR) is 59.7 cm³/mol. The summed E-state index contributed by atoms with van der Waals surface area (Å²) in [6, 6.07) is 9.22. The Kier molecular flexibility index (Phi) is 6.15. The van der Waals surface area contributed by atoms with E-state index in [2.05, 4.69) is 5.32 Å². The van der Waals surface area contributed by atoms with Crippen LogP contribution in [0.15, 0.2) is 24.3 Å². The highest BCUT2D eigenvalue weighted by molar-refractivity contribution is 5.31. The van der Waals surface area contributed by atoms with Crippen LogP contribution in [0.2, 0.25) is 0 Å². The van der Waals surface area contributed by atoms with E-state index in [4.69, 9.17) is 10.00 Å². The Morgan fingerprint density at radius 2 is 2.00 bits per heavy atom. The van der Waals surface area contributed by atoms with E-state index in [1.165, 1.54) is 0 Å². The van der Waals surface area contributed by atoms with E-state index in [0.29, 0.717) is 18.7 Å². The number of ether oxygens (including phenoxy) is 1. The lowest BCUT2D eigenvalue weighted by Crippen LogP contribution is -2.20. The van der Waals surface area contributed by atoms with Gasteiger partial charge < -0.3 is 10.1 Å². The monoisotopic (exact) mass is 240 g/mol. The van der Waals surface area contributed by atoms with Crippen LogP contribution in [0.1, 0.15) is 11.1 Å². The molecule has 1 aromatic carbocycles. The van der Waals surface area contributed by atoms with Crippen molar-refractivity contribution in [2.75, 3.05) is 19.8 Å². The van der Waals surface area contributed by atoms with Crippen LogP contribution in [-0.4, -0.2) is 26.2 Å². The van der Waals surface area contributed by atoms with Crippen molar-refractivity contribution in [2.24, 2.45) is 0 Å². The molecule has 5 heteroatoms. The molecule has 0 bridgehead atoms. The van der Waals surface area contributed by atoms with Crippen molar-refractivity contribution in [2.45, 2.75) is 13.0 Å². The third-order valence-corrected chi connectivity index (χ3v) is 2.08. The summed E-state index contributed by atoms with van der Waals surface area (Å²) in [4.78, 5) is 0. The third kappa shape index (κ3) is 5.95. The molecule has 1 N–H and O–H groups in total. The summed E-state index contributed by atoms with van der Waals surface area (Å²) < 4.78 is 28.1.